The van der Waals surface area contributed by atoms with E-state index in [0.717, 1.165) is 6.42 Å². The van der Waals surface area contributed by atoms with Gasteiger partial charge in [0, 0.05) is 17.4 Å². The molecular weight excluding hydrogens is 542 g/mol. The lowest BCUT2D eigenvalue weighted by molar-refractivity contribution is 0.300. The molecule has 0 amide bonds. The summed E-state index contributed by atoms with van der Waals surface area (Å²) in [5.41, 5.74) is 16.0. The van der Waals surface area contributed by atoms with Crippen LogP contribution in [-0.4, -0.2) is 6.04 Å². The Kier molecular flexibility index (Phi) is 5.42. The number of fused-ring (bicyclic) bond motifs is 6. The van der Waals surface area contributed by atoms with Crippen molar-refractivity contribution in [3.63, 3.8) is 0 Å². The van der Waals surface area contributed by atoms with Gasteiger partial charge >= 0.3 is 0 Å². The molecule has 6 aromatic carbocycles. The Morgan fingerprint density at radius 1 is 0.422 bits per heavy atom. The Bertz CT molecular complexity index is 2210. The minimum absolute atomic E-state index is 0.423. The third-order valence-corrected chi connectivity index (χ3v) is 10.9. The van der Waals surface area contributed by atoms with Crippen LogP contribution < -0.4 is 4.90 Å². The predicted octanol–water partition coefficient (Wildman–Crippen LogP) is 11.9. The van der Waals surface area contributed by atoms with E-state index < -0.39 is 0 Å². The normalized spacial score (nSPS) is 19.8. The van der Waals surface area contributed by atoms with E-state index in [-0.39, 0.29) is 0 Å². The van der Waals surface area contributed by atoms with Crippen molar-refractivity contribution in [2.45, 2.75) is 25.3 Å². The summed E-state index contributed by atoms with van der Waals surface area (Å²) in [4.78, 5) is 2.68. The van der Waals surface area contributed by atoms with Gasteiger partial charge in [0.25, 0.3) is 0 Å². The number of hydrogen-bond donors (Lipinski definition) is 0. The Hall–Kier alpha value is -5.14. The molecule has 214 valence electrons. The van der Waals surface area contributed by atoms with Crippen LogP contribution in [0.5, 0.6) is 0 Å². The molecule has 4 aliphatic rings. The fraction of sp³-hybridized carbons (Fsp3) is 0.136. The van der Waals surface area contributed by atoms with E-state index in [1.165, 1.54) is 90.6 Å². The molecule has 0 radical (unpaired) electrons. The van der Waals surface area contributed by atoms with Crippen LogP contribution >= 0.6 is 0 Å². The molecule has 6 bridgehead atoms. The summed E-state index contributed by atoms with van der Waals surface area (Å²) in [6.45, 7) is 0. The maximum atomic E-state index is 2.68. The Morgan fingerprint density at radius 3 is 1.80 bits per heavy atom. The molecule has 1 nitrogen and oxygen atoms in total. The smallest absolute Gasteiger partial charge is 0.0420 e. The fourth-order valence-corrected chi connectivity index (χ4v) is 8.85. The highest BCUT2D eigenvalue weighted by Crippen LogP contribution is 2.57. The van der Waals surface area contributed by atoms with Crippen molar-refractivity contribution in [1.82, 2.24) is 0 Å². The van der Waals surface area contributed by atoms with E-state index in [0.29, 0.717) is 17.9 Å². The molecule has 2 unspecified atom stereocenters. The van der Waals surface area contributed by atoms with Gasteiger partial charge in [-0.05, 0) is 122 Å². The van der Waals surface area contributed by atoms with Crippen molar-refractivity contribution < 1.29 is 0 Å². The summed E-state index contributed by atoms with van der Waals surface area (Å²) in [5, 5.41) is 2.58. The first-order valence-corrected chi connectivity index (χ1v) is 16.5. The van der Waals surface area contributed by atoms with Crippen molar-refractivity contribution in [1.29, 1.82) is 0 Å². The highest BCUT2D eigenvalue weighted by Gasteiger charge is 2.35. The second-order valence-electron chi connectivity index (χ2n) is 13.2. The van der Waals surface area contributed by atoms with Crippen molar-refractivity contribution in [2.24, 2.45) is 11.8 Å². The second kappa shape index (κ2) is 9.68. The average molecular weight is 576 g/mol. The lowest BCUT2D eigenvalue weighted by Crippen LogP contribution is -2.38. The highest BCUT2D eigenvalue weighted by molar-refractivity contribution is 6.15. The van der Waals surface area contributed by atoms with E-state index in [1.54, 1.807) is 0 Å². The van der Waals surface area contributed by atoms with E-state index in [2.05, 4.69) is 151 Å². The topological polar surface area (TPSA) is 3.24 Å². The maximum absolute atomic E-state index is 2.68. The molecule has 6 aromatic rings. The quantitative estimate of drug-likeness (QED) is 0.202. The summed E-state index contributed by atoms with van der Waals surface area (Å²) in [5.74, 6) is 1.25. The number of allylic oxidation sites excluding steroid dienone is 4. The molecule has 0 aromatic heterocycles. The number of hydrogen-bond acceptors (Lipinski definition) is 1. The second-order valence-corrected chi connectivity index (χ2v) is 13.2. The van der Waals surface area contributed by atoms with Crippen molar-refractivity contribution in [3.05, 3.63) is 146 Å². The van der Waals surface area contributed by atoms with Crippen LogP contribution in [0.1, 0.15) is 19.3 Å². The molecule has 0 heterocycles. The molecule has 0 N–H and O–H groups in total. The molecule has 4 aliphatic carbocycles. The molecule has 0 spiro atoms. The average Bonchev–Trinajstić information content (AvgIpc) is 3.21. The van der Waals surface area contributed by atoms with Crippen LogP contribution in [0.4, 0.5) is 11.4 Å². The van der Waals surface area contributed by atoms with Gasteiger partial charge in [-0.3, -0.25) is 0 Å². The van der Waals surface area contributed by atoms with Gasteiger partial charge in [-0.25, -0.2) is 0 Å². The van der Waals surface area contributed by atoms with E-state index in [9.17, 15) is 0 Å². The number of anilines is 2. The molecule has 0 saturated heterocycles. The van der Waals surface area contributed by atoms with Gasteiger partial charge in [0.15, 0.2) is 0 Å². The molecule has 1 saturated carbocycles. The molecule has 3 atom stereocenters. The minimum Gasteiger partial charge on any atom is -0.338 e. The van der Waals surface area contributed by atoms with Crippen LogP contribution in [0, 0.1) is 11.8 Å². The van der Waals surface area contributed by atoms with Gasteiger partial charge in [0.2, 0.25) is 0 Å². The van der Waals surface area contributed by atoms with E-state index in [1.807, 2.05) is 0 Å². The Morgan fingerprint density at radius 2 is 1.00 bits per heavy atom. The molecule has 1 heteroatoms. The van der Waals surface area contributed by atoms with Gasteiger partial charge in [-0.2, -0.15) is 0 Å². The monoisotopic (exact) mass is 575 g/mol. The third kappa shape index (κ3) is 3.74. The minimum atomic E-state index is 0.423. The largest absolute Gasteiger partial charge is 0.338 e. The molecule has 10 rings (SSSR count). The molecule has 45 heavy (non-hydrogen) atoms. The summed E-state index contributed by atoms with van der Waals surface area (Å²) in [6, 6.07) is 46.4. The zero-order valence-electron chi connectivity index (χ0n) is 25.2. The third-order valence-electron chi connectivity index (χ3n) is 10.9. The van der Waals surface area contributed by atoms with Gasteiger partial charge < -0.3 is 4.90 Å². The van der Waals surface area contributed by atoms with Crippen LogP contribution in [0.2, 0.25) is 0 Å². The lowest BCUT2D eigenvalue weighted by Gasteiger charge is -2.42. The van der Waals surface area contributed by atoms with Crippen molar-refractivity contribution in [2.75, 3.05) is 4.90 Å². The standard InChI is InChI=1S/C44H33N/c1-3-11-30-25-32(21-19-28(30)9-1)45(33-22-20-29-10-2-4-12-31(29)26-33)34-23-24-36-39-16-8-17-40-41-18-7-15-38(44(41)42(36)27-34)35-13-5-6-14-37(35)43(39)40/h1-19,21,23-25,27,29,31,33H,20,22,26H2/t29?,31?,33-/m0/s1. The fourth-order valence-electron chi connectivity index (χ4n) is 8.85. The molecule has 0 aliphatic heterocycles. The van der Waals surface area contributed by atoms with Gasteiger partial charge in [0.05, 0.1) is 0 Å². The first-order valence-electron chi connectivity index (χ1n) is 16.5. The van der Waals surface area contributed by atoms with Gasteiger partial charge in [-0.15, -0.1) is 0 Å². The molecular formula is C44H33N. The summed E-state index contributed by atoms with van der Waals surface area (Å²) < 4.78 is 0. The summed E-state index contributed by atoms with van der Waals surface area (Å²) >= 11 is 0. The van der Waals surface area contributed by atoms with Crippen LogP contribution in [0.15, 0.2) is 146 Å². The number of benzene rings is 6. The summed E-state index contributed by atoms with van der Waals surface area (Å²) in [6.07, 6.45) is 13.0. The van der Waals surface area contributed by atoms with Gasteiger partial charge in [0.1, 0.15) is 0 Å². The lowest BCUT2D eigenvalue weighted by atomic mass is 9.74. The van der Waals surface area contributed by atoms with Gasteiger partial charge in [-0.1, -0.05) is 121 Å². The van der Waals surface area contributed by atoms with Crippen LogP contribution in [0.3, 0.4) is 0 Å². The first kappa shape index (κ1) is 25.2. The Balaban J connectivity index is 1.20. The van der Waals surface area contributed by atoms with E-state index in [4.69, 9.17) is 0 Å². The highest BCUT2D eigenvalue weighted by atomic mass is 15.2. The van der Waals surface area contributed by atoms with E-state index >= 15 is 0 Å². The predicted molar refractivity (Wildman–Crippen MR) is 190 cm³/mol. The summed E-state index contributed by atoms with van der Waals surface area (Å²) in [7, 11) is 0. The zero-order chi connectivity index (χ0) is 29.5. The van der Waals surface area contributed by atoms with Crippen LogP contribution in [0.25, 0.3) is 66.4 Å². The number of nitrogens with zero attached hydrogens (tertiary/aromatic N) is 1. The zero-order valence-corrected chi connectivity index (χ0v) is 25.2. The van der Waals surface area contributed by atoms with Crippen molar-refractivity contribution >= 4 is 22.1 Å². The number of rotatable bonds is 3. The first-order chi connectivity index (χ1) is 22.3. The van der Waals surface area contributed by atoms with Crippen molar-refractivity contribution in [3.8, 4) is 55.6 Å². The molecule has 1 fully saturated rings. The Labute approximate surface area is 264 Å². The SMILES string of the molecule is C1=CC2CC[C@H](N(c3ccc4c(c3)-c3c5cccc3-c3cccc-4c3-c3ccccc3-5)c3ccc4ccccc4c3)CC2C=C1. The van der Waals surface area contributed by atoms with Crippen LogP contribution in [-0.2, 0) is 0 Å². The maximum Gasteiger partial charge on any atom is 0.0420 e.